The maximum atomic E-state index is 13.5. The Balaban J connectivity index is 1.55. The first-order valence-electron chi connectivity index (χ1n) is 8.61. The van der Waals surface area contributed by atoms with Crippen molar-refractivity contribution in [1.29, 1.82) is 0 Å². The predicted molar refractivity (Wildman–Crippen MR) is 92.6 cm³/mol. The number of halogens is 2. The lowest BCUT2D eigenvalue weighted by Gasteiger charge is -2.14. The van der Waals surface area contributed by atoms with Crippen molar-refractivity contribution in [3.63, 3.8) is 0 Å². The zero-order valence-electron chi connectivity index (χ0n) is 13.9. The lowest BCUT2D eigenvalue weighted by Crippen LogP contribution is -2.15. The van der Waals surface area contributed by atoms with Gasteiger partial charge in [-0.2, -0.15) is 0 Å². The fourth-order valence-corrected chi connectivity index (χ4v) is 3.05. The second kappa shape index (κ2) is 8.10. The number of carbonyl (C=O) groups excluding carboxylic acids is 1. The van der Waals surface area contributed by atoms with Gasteiger partial charge in [0.05, 0.1) is 6.10 Å². The van der Waals surface area contributed by atoms with Crippen molar-refractivity contribution >= 4 is 11.6 Å². The van der Waals surface area contributed by atoms with Gasteiger partial charge in [0.15, 0.2) is 0 Å². The molecule has 0 bridgehead atoms. The maximum Gasteiger partial charge on any atom is 0.224 e. The second-order valence-electron chi connectivity index (χ2n) is 6.32. The van der Waals surface area contributed by atoms with Crippen molar-refractivity contribution in [1.82, 2.24) is 0 Å². The van der Waals surface area contributed by atoms with Gasteiger partial charge >= 0.3 is 0 Å². The normalized spacial score (nSPS) is 14.5. The summed E-state index contributed by atoms with van der Waals surface area (Å²) in [6, 6.07) is 11.1. The number of ether oxygens (including phenoxy) is 1. The molecule has 2 aromatic rings. The molecule has 0 atom stereocenters. The highest BCUT2D eigenvalue weighted by molar-refractivity contribution is 5.91. The molecule has 5 heteroatoms. The number of anilines is 1. The minimum Gasteiger partial charge on any atom is -0.490 e. The summed E-state index contributed by atoms with van der Waals surface area (Å²) in [5, 5.41) is 2.30. The molecule has 0 saturated heterocycles. The fraction of sp³-hybridized carbons (Fsp3) is 0.350. The SMILES string of the molecule is O=C(CCc1cccc(OC2CCCC2)c1)Nc1c(F)cccc1F. The largest absolute Gasteiger partial charge is 0.490 e. The summed E-state index contributed by atoms with van der Waals surface area (Å²) in [5.41, 5.74) is 0.561. The Morgan fingerprint density at radius 1 is 1.08 bits per heavy atom. The van der Waals surface area contributed by atoms with E-state index in [-0.39, 0.29) is 12.5 Å². The summed E-state index contributed by atoms with van der Waals surface area (Å²) in [4.78, 5) is 12.0. The van der Waals surface area contributed by atoms with Crippen molar-refractivity contribution in [2.24, 2.45) is 0 Å². The number of rotatable bonds is 6. The molecule has 1 N–H and O–H groups in total. The average molecular weight is 345 g/mol. The number of benzene rings is 2. The van der Waals surface area contributed by atoms with Crippen molar-refractivity contribution in [3.8, 4) is 5.75 Å². The van der Waals surface area contributed by atoms with Crippen LogP contribution >= 0.6 is 0 Å². The molecule has 1 amide bonds. The van der Waals surface area contributed by atoms with Gasteiger partial charge in [0, 0.05) is 6.42 Å². The van der Waals surface area contributed by atoms with Crippen LogP contribution in [0.4, 0.5) is 14.5 Å². The van der Waals surface area contributed by atoms with Crippen molar-refractivity contribution in [2.75, 3.05) is 5.32 Å². The number of hydrogen-bond acceptors (Lipinski definition) is 2. The van der Waals surface area contributed by atoms with Crippen LogP contribution in [-0.2, 0) is 11.2 Å². The molecule has 3 nitrogen and oxygen atoms in total. The molecular formula is C20H21F2NO2. The first kappa shape index (κ1) is 17.4. The predicted octanol–water partition coefficient (Wildman–Crippen LogP) is 4.86. The summed E-state index contributed by atoms with van der Waals surface area (Å²) in [5.74, 6) is -1.17. The number of hydrogen-bond donors (Lipinski definition) is 1. The lowest BCUT2D eigenvalue weighted by molar-refractivity contribution is -0.116. The van der Waals surface area contributed by atoms with E-state index in [4.69, 9.17) is 4.74 Å². The van der Waals surface area contributed by atoms with Gasteiger partial charge in [-0.15, -0.1) is 0 Å². The van der Waals surface area contributed by atoms with Gasteiger partial charge in [-0.3, -0.25) is 4.79 Å². The summed E-state index contributed by atoms with van der Waals surface area (Å²) in [6.07, 6.45) is 5.47. The van der Waals surface area contributed by atoms with Gasteiger partial charge in [-0.1, -0.05) is 18.2 Å². The van der Waals surface area contributed by atoms with Gasteiger partial charge in [0.1, 0.15) is 23.1 Å². The van der Waals surface area contributed by atoms with Crippen molar-refractivity contribution < 1.29 is 18.3 Å². The molecule has 0 radical (unpaired) electrons. The summed E-state index contributed by atoms with van der Waals surface area (Å²) >= 11 is 0. The van der Waals surface area contributed by atoms with Crippen LogP contribution in [0.5, 0.6) is 5.75 Å². The number of amides is 1. The molecule has 132 valence electrons. The van der Waals surface area contributed by atoms with Gasteiger partial charge < -0.3 is 10.1 Å². The van der Waals surface area contributed by atoms with Crippen LogP contribution in [-0.4, -0.2) is 12.0 Å². The Morgan fingerprint density at radius 2 is 1.76 bits per heavy atom. The first-order valence-corrected chi connectivity index (χ1v) is 8.61. The minimum atomic E-state index is -0.777. The zero-order chi connectivity index (χ0) is 17.6. The van der Waals surface area contributed by atoms with E-state index in [1.165, 1.54) is 18.9 Å². The molecule has 25 heavy (non-hydrogen) atoms. The van der Waals surface area contributed by atoms with Crippen LogP contribution in [0, 0.1) is 11.6 Å². The van der Waals surface area contributed by atoms with E-state index in [1.807, 2.05) is 24.3 Å². The van der Waals surface area contributed by atoms with Gasteiger partial charge in [-0.25, -0.2) is 8.78 Å². The Bertz CT molecular complexity index is 722. The third-order valence-electron chi connectivity index (χ3n) is 4.37. The smallest absolute Gasteiger partial charge is 0.224 e. The monoisotopic (exact) mass is 345 g/mol. The highest BCUT2D eigenvalue weighted by Crippen LogP contribution is 2.25. The van der Waals surface area contributed by atoms with Crippen molar-refractivity contribution in [2.45, 2.75) is 44.6 Å². The van der Waals surface area contributed by atoms with E-state index in [1.54, 1.807) is 0 Å². The van der Waals surface area contributed by atoms with Crippen LogP contribution in [0.1, 0.15) is 37.7 Å². The third kappa shape index (κ3) is 4.78. The number of carbonyl (C=O) groups is 1. The molecule has 1 fully saturated rings. The fourth-order valence-electron chi connectivity index (χ4n) is 3.05. The Hall–Kier alpha value is -2.43. The Labute approximate surface area is 146 Å². The van der Waals surface area contributed by atoms with E-state index in [0.29, 0.717) is 6.42 Å². The molecule has 2 aromatic carbocycles. The topological polar surface area (TPSA) is 38.3 Å². The summed E-state index contributed by atoms with van der Waals surface area (Å²) in [7, 11) is 0. The molecule has 3 rings (SSSR count). The van der Waals surface area contributed by atoms with E-state index in [0.717, 1.165) is 36.3 Å². The Kier molecular flexibility index (Phi) is 5.64. The molecule has 0 aromatic heterocycles. The molecular weight excluding hydrogens is 324 g/mol. The van der Waals surface area contributed by atoms with E-state index in [9.17, 15) is 13.6 Å². The highest BCUT2D eigenvalue weighted by atomic mass is 19.1. The van der Waals surface area contributed by atoms with Gasteiger partial charge in [0.25, 0.3) is 0 Å². The zero-order valence-corrected chi connectivity index (χ0v) is 13.9. The third-order valence-corrected chi connectivity index (χ3v) is 4.37. The first-order chi connectivity index (χ1) is 12.1. The lowest BCUT2D eigenvalue weighted by atomic mass is 10.1. The van der Waals surface area contributed by atoms with Crippen LogP contribution < -0.4 is 10.1 Å². The van der Waals surface area contributed by atoms with Crippen LogP contribution in [0.3, 0.4) is 0 Å². The highest BCUT2D eigenvalue weighted by Gasteiger charge is 2.16. The van der Waals surface area contributed by atoms with Gasteiger partial charge in [-0.05, 0) is 61.9 Å². The molecule has 1 aliphatic rings. The van der Waals surface area contributed by atoms with Gasteiger partial charge in [0.2, 0.25) is 5.91 Å². The average Bonchev–Trinajstić information content (AvgIpc) is 3.10. The summed E-state index contributed by atoms with van der Waals surface area (Å²) < 4.78 is 33.0. The van der Waals surface area contributed by atoms with E-state index < -0.39 is 23.2 Å². The van der Waals surface area contributed by atoms with Crippen LogP contribution in [0.25, 0.3) is 0 Å². The second-order valence-corrected chi connectivity index (χ2v) is 6.32. The van der Waals surface area contributed by atoms with E-state index >= 15 is 0 Å². The molecule has 0 unspecified atom stereocenters. The quantitative estimate of drug-likeness (QED) is 0.812. The number of aryl methyl sites for hydroxylation is 1. The molecule has 0 spiro atoms. The Morgan fingerprint density at radius 3 is 2.48 bits per heavy atom. The van der Waals surface area contributed by atoms with Crippen molar-refractivity contribution in [3.05, 3.63) is 59.7 Å². The summed E-state index contributed by atoms with van der Waals surface area (Å²) in [6.45, 7) is 0. The maximum absolute atomic E-state index is 13.5. The standard InChI is InChI=1S/C20H21F2NO2/c21-17-9-4-10-18(22)20(17)23-19(24)12-11-14-5-3-8-16(13-14)25-15-6-1-2-7-15/h3-5,8-10,13,15H,1-2,6-7,11-12H2,(H,23,24). The van der Waals surface area contributed by atoms with E-state index in [2.05, 4.69) is 5.32 Å². The molecule has 0 aliphatic heterocycles. The minimum absolute atomic E-state index is 0.140. The molecule has 0 heterocycles. The van der Waals surface area contributed by atoms with Crippen LogP contribution in [0.2, 0.25) is 0 Å². The molecule has 1 aliphatic carbocycles. The number of para-hydroxylation sites is 1. The molecule has 1 saturated carbocycles. The number of nitrogens with one attached hydrogen (secondary N) is 1. The van der Waals surface area contributed by atoms with Crippen LogP contribution in [0.15, 0.2) is 42.5 Å².